The molecule has 0 saturated carbocycles. The Balaban J connectivity index is 1.94. The van der Waals surface area contributed by atoms with Crippen molar-refractivity contribution < 1.29 is 23.8 Å². The van der Waals surface area contributed by atoms with Crippen molar-refractivity contribution in [2.45, 2.75) is 32.0 Å². The van der Waals surface area contributed by atoms with Crippen LogP contribution in [0.15, 0.2) is 41.2 Å². The Morgan fingerprint density at radius 1 is 1.27 bits per heavy atom. The largest absolute Gasteiger partial charge is 0.458 e. The van der Waals surface area contributed by atoms with E-state index in [-0.39, 0.29) is 6.61 Å². The zero-order valence-electron chi connectivity index (χ0n) is 15.5. The molecule has 2 N–H and O–H groups in total. The number of ether oxygens (including phenoxy) is 3. The fraction of sp³-hybridized carbons (Fsp3) is 0.474. The van der Waals surface area contributed by atoms with Crippen molar-refractivity contribution in [2.75, 3.05) is 27.4 Å². The number of methoxy groups -OCH3 is 1. The summed E-state index contributed by atoms with van der Waals surface area (Å²) in [4.78, 5) is 16.8. The van der Waals surface area contributed by atoms with Crippen LogP contribution >= 0.6 is 0 Å². The highest BCUT2D eigenvalue weighted by atomic mass is 16.6. The number of benzene rings is 1. The number of carbonyl (C=O) groups is 1. The maximum atomic E-state index is 12.1. The smallest absolute Gasteiger partial charge is 0.332 e. The molecule has 0 unspecified atom stereocenters. The second kappa shape index (κ2) is 9.35. The van der Waals surface area contributed by atoms with Crippen molar-refractivity contribution in [3.05, 3.63) is 47.2 Å². The highest BCUT2D eigenvalue weighted by molar-refractivity contribution is 5.98. The van der Waals surface area contributed by atoms with E-state index in [1.54, 1.807) is 7.11 Å². The lowest BCUT2D eigenvalue weighted by molar-refractivity contribution is -0.139. The molecule has 1 aromatic rings. The lowest BCUT2D eigenvalue weighted by Gasteiger charge is -2.36. The molecule has 0 aliphatic carbocycles. The van der Waals surface area contributed by atoms with Gasteiger partial charge in [0.1, 0.15) is 19.3 Å². The zero-order chi connectivity index (χ0) is 19.0. The van der Waals surface area contributed by atoms with Gasteiger partial charge in [-0.05, 0) is 18.1 Å². The molecule has 142 valence electrons. The molecule has 0 bridgehead atoms. The Labute approximate surface area is 153 Å². The number of hydrogen-bond donors (Lipinski definition) is 1. The normalized spacial score (nSPS) is 17.7. The van der Waals surface area contributed by atoms with Crippen molar-refractivity contribution in [1.29, 1.82) is 0 Å². The third-order valence-electron chi connectivity index (χ3n) is 4.47. The first-order chi connectivity index (χ1) is 12.5. The minimum absolute atomic E-state index is 0.159. The highest BCUT2D eigenvalue weighted by Gasteiger charge is 2.35. The standard InChI is InChI=1S/C19H26N2O5/c1-14(21-24-3)16-6-4-15(5-7-16)13-26-18(22)12-17(20)19(23-2)8-10-25-11-9-19/h4-7,12H,8-11,13,20H2,1-3H3/b17-12?,21-14+. The maximum absolute atomic E-state index is 12.1. The van der Waals surface area contributed by atoms with Gasteiger partial charge < -0.3 is 24.8 Å². The predicted octanol–water partition coefficient (Wildman–Crippen LogP) is 2.14. The van der Waals surface area contributed by atoms with E-state index in [1.807, 2.05) is 31.2 Å². The average molecular weight is 362 g/mol. The second-order valence-electron chi connectivity index (χ2n) is 6.07. The molecule has 1 fully saturated rings. The van der Waals surface area contributed by atoms with Gasteiger partial charge in [-0.25, -0.2) is 4.79 Å². The molecule has 7 heteroatoms. The topological polar surface area (TPSA) is 92.4 Å². The van der Waals surface area contributed by atoms with E-state index in [0.717, 1.165) is 16.8 Å². The molecular formula is C19H26N2O5. The zero-order valence-corrected chi connectivity index (χ0v) is 15.5. The average Bonchev–Trinajstić information content (AvgIpc) is 2.67. The molecule has 2 rings (SSSR count). The van der Waals surface area contributed by atoms with Crippen molar-refractivity contribution in [1.82, 2.24) is 0 Å². The quantitative estimate of drug-likeness (QED) is 0.346. The molecular weight excluding hydrogens is 336 g/mol. The van der Waals surface area contributed by atoms with Crippen LogP contribution in [0, 0.1) is 0 Å². The van der Waals surface area contributed by atoms with Crippen molar-refractivity contribution in [2.24, 2.45) is 10.9 Å². The van der Waals surface area contributed by atoms with E-state index in [9.17, 15) is 4.79 Å². The van der Waals surface area contributed by atoms with Crippen LogP contribution in [-0.2, 0) is 30.4 Å². The van der Waals surface area contributed by atoms with Crippen LogP contribution in [0.1, 0.15) is 30.9 Å². The van der Waals surface area contributed by atoms with Crippen LogP contribution in [-0.4, -0.2) is 44.7 Å². The van der Waals surface area contributed by atoms with Crippen molar-refractivity contribution >= 4 is 11.7 Å². The van der Waals surface area contributed by atoms with E-state index in [4.69, 9.17) is 24.8 Å². The van der Waals surface area contributed by atoms with Crippen LogP contribution in [0.3, 0.4) is 0 Å². The Bertz CT molecular complexity index is 661. The fourth-order valence-corrected chi connectivity index (χ4v) is 2.80. The molecule has 26 heavy (non-hydrogen) atoms. The molecule has 1 aliphatic rings. The predicted molar refractivity (Wildman–Crippen MR) is 97.5 cm³/mol. The molecule has 7 nitrogen and oxygen atoms in total. The van der Waals surface area contributed by atoms with Gasteiger partial charge >= 0.3 is 5.97 Å². The minimum Gasteiger partial charge on any atom is -0.458 e. The molecule has 0 atom stereocenters. The Morgan fingerprint density at radius 2 is 1.92 bits per heavy atom. The van der Waals surface area contributed by atoms with Crippen molar-refractivity contribution in [3.63, 3.8) is 0 Å². The summed E-state index contributed by atoms with van der Waals surface area (Å²) in [6.45, 7) is 3.12. The summed E-state index contributed by atoms with van der Waals surface area (Å²) in [5.41, 5.74) is 8.39. The number of carbonyl (C=O) groups excluding carboxylic acids is 1. The molecule has 0 aromatic heterocycles. The summed E-state index contributed by atoms with van der Waals surface area (Å²) in [7, 11) is 3.10. The Hall–Kier alpha value is -2.38. The monoisotopic (exact) mass is 362 g/mol. The molecule has 0 radical (unpaired) electrons. The summed E-state index contributed by atoms with van der Waals surface area (Å²) in [6.07, 6.45) is 2.53. The van der Waals surface area contributed by atoms with Crippen LogP contribution in [0.25, 0.3) is 0 Å². The summed E-state index contributed by atoms with van der Waals surface area (Å²) in [5, 5.41) is 3.88. The van der Waals surface area contributed by atoms with Gasteiger partial charge in [0, 0.05) is 44.9 Å². The van der Waals surface area contributed by atoms with Gasteiger partial charge in [0.2, 0.25) is 0 Å². The fourth-order valence-electron chi connectivity index (χ4n) is 2.80. The SMILES string of the molecule is CO/N=C(\C)c1ccc(COC(=O)C=C(N)C2(OC)CCOCC2)cc1. The first-order valence-electron chi connectivity index (χ1n) is 8.45. The van der Waals surface area contributed by atoms with Gasteiger partial charge in [0.05, 0.1) is 5.71 Å². The summed E-state index contributed by atoms with van der Waals surface area (Å²) < 4.78 is 16.2. The number of oxime groups is 1. The Kier molecular flexibility index (Phi) is 7.17. The van der Waals surface area contributed by atoms with Crippen LogP contribution in [0.2, 0.25) is 0 Å². The molecule has 1 heterocycles. The first-order valence-corrected chi connectivity index (χ1v) is 8.45. The van der Waals surface area contributed by atoms with Gasteiger partial charge in [-0.15, -0.1) is 0 Å². The first kappa shape index (κ1) is 19.9. The van der Waals surface area contributed by atoms with Gasteiger partial charge in [-0.2, -0.15) is 0 Å². The Morgan fingerprint density at radius 3 is 2.50 bits per heavy atom. The third kappa shape index (κ3) is 5.06. The third-order valence-corrected chi connectivity index (χ3v) is 4.47. The lowest BCUT2D eigenvalue weighted by Crippen LogP contribution is -2.43. The van der Waals surface area contributed by atoms with E-state index >= 15 is 0 Å². The summed E-state index contributed by atoms with van der Waals surface area (Å²) in [6, 6.07) is 7.54. The van der Waals surface area contributed by atoms with Gasteiger partial charge in [-0.3, -0.25) is 0 Å². The van der Waals surface area contributed by atoms with Crippen LogP contribution < -0.4 is 5.73 Å². The van der Waals surface area contributed by atoms with Gasteiger partial charge in [0.25, 0.3) is 0 Å². The van der Waals surface area contributed by atoms with Gasteiger partial charge in [-0.1, -0.05) is 29.4 Å². The number of nitrogens with zero attached hydrogens (tertiary/aromatic N) is 1. The van der Waals surface area contributed by atoms with Crippen molar-refractivity contribution in [3.8, 4) is 0 Å². The van der Waals surface area contributed by atoms with Crippen LogP contribution in [0.4, 0.5) is 0 Å². The minimum atomic E-state index is -0.656. The maximum Gasteiger partial charge on any atom is 0.332 e. The summed E-state index contributed by atoms with van der Waals surface area (Å²) in [5.74, 6) is -0.494. The number of hydrogen-bond acceptors (Lipinski definition) is 7. The number of rotatable bonds is 7. The van der Waals surface area contributed by atoms with E-state index in [2.05, 4.69) is 5.16 Å². The molecule has 0 spiro atoms. The van der Waals surface area contributed by atoms with E-state index in [1.165, 1.54) is 13.2 Å². The summed E-state index contributed by atoms with van der Waals surface area (Å²) >= 11 is 0. The lowest BCUT2D eigenvalue weighted by atomic mass is 9.90. The van der Waals surface area contributed by atoms with E-state index < -0.39 is 11.6 Å². The van der Waals surface area contributed by atoms with Gasteiger partial charge in [0.15, 0.2) is 0 Å². The highest BCUT2D eigenvalue weighted by Crippen LogP contribution is 2.29. The number of nitrogens with two attached hydrogens (primary N) is 1. The van der Waals surface area contributed by atoms with E-state index in [0.29, 0.717) is 31.8 Å². The molecule has 1 aromatic carbocycles. The molecule has 1 saturated heterocycles. The number of esters is 1. The second-order valence-corrected chi connectivity index (χ2v) is 6.07. The van der Waals surface area contributed by atoms with Crippen LogP contribution in [0.5, 0.6) is 0 Å². The molecule has 0 amide bonds. The molecule has 1 aliphatic heterocycles.